The summed E-state index contributed by atoms with van der Waals surface area (Å²) < 4.78 is 64.6. The summed E-state index contributed by atoms with van der Waals surface area (Å²) in [7, 11) is -9.65. The standard InChI is InChI=1S/C14H10O6S2.2Na/c15-21(16,17)13-6-5-11-7-9-3-1-2-4-10(9)8-12(11)14(13)22(18,19)20;;/h1-8H,(H,15,16,17)(H,18,19,20);;. The monoisotopic (exact) mass is 384 g/mol. The third-order valence-electron chi connectivity index (χ3n) is 3.34. The molecule has 2 N–H and O–H groups in total. The number of benzene rings is 3. The summed E-state index contributed by atoms with van der Waals surface area (Å²) in [5.74, 6) is 0. The van der Waals surface area contributed by atoms with Crippen LogP contribution >= 0.6 is 0 Å². The molecule has 24 heavy (non-hydrogen) atoms. The van der Waals surface area contributed by atoms with Crippen LogP contribution in [0.4, 0.5) is 0 Å². The van der Waals surface area contributed by atoms with Gasteiger partial charge in [-0.05, 0) is 34.4 Å². The van der Waals surface area contributed by atoms with E-state index in [0.717, 1.165) is 11.5 Å². The molecule has 0 aliphatic rings. The maximum absolute atomic E-state index is 11.6. The van der Waals surface area contributed by atoms with Gasteiger partial charge in [0.05, 0.1) is 0 Å². The van der Waals surface area contributed by atoms with Crippen LogP contribution in [0.3, 0.4) is 0 Å². The minimum absolute atomic E-state index is 0. The van der Waals surface area contributed by atoms with Crippen molar-refractivity contribution < 1.29 is 25.9 Å². The van der Waals surface area contributed by atoms with Gasteiger partial charge in [-0.25, -0.2) is 0 Å². The zero-order valence-corrected chi connectivity index (χ0v) is 18.6. The van der Waals surface area contributed by atoms with Crippen LogP contribution in [0.5, 0.6) is 0 Å². The van der Waals surface area contributed by atoms with Crippen LogP contribution in [0.1, 0.15) is 0 Å². The van der Waals surface area contributed by atoms with Crippen molar-refractivity contribution in [2.75, 3.05) is 0 Å². The third-order valence-corrected chi connectivity index (χ3v) is 5.32. The minimum Gasteiger partial charge on any atom is -0.282 e. The number of fused-ring (bicyclic) bond motifs is 2. The molecule has 0 aliphatic carbocycles. The Kier molecular flexibility index (Phi) is 7.08. The molecule has 0 saturated carbocycles. The molecule has 0 heterocycles. The van der Waals surface area contributed by atoms with E-state index in [1.54, 1.807) is 18.2 Å². The molecule has 3 aromatic rings. The zero-order chi connectivity index (χ0) is 16.1. The van der Waals surface area contributed by atoms with E-state index in [1.807, 2.05) is 12.1 Å². The topological polar surface area (TPSA) is 109 Å². The molecule has 0 saturated heterocycles. The Hall–Kier alpha value is 0.000000000000000888. The molecule has 0 spiro atoms. The van der Waals surface area contributed by atoms with Crippen molar-refractivity contribution in [2.45, 2.75) is 9.79 Å². The van der Waals surface area contributed by atoms with Gasteiger partial charge < -0.3 is 0 Å². The van der Waals surface area contributed by atoms with E-state index in [9.17, 15) is 25.9 Å². The number of hydrogen-bond acceptors (Lipinski definition) is 4. The second kappa shape index (κ2) is 7.71. The Balaban J connectivity index is 0.00000144. The first-order valence-electron chi connectivity index (χ1n) is 6.08. The average molecular weight is 384 g/mol. The van der Waals surface area contributed by atoms with Gasteiger partial charge in [0, 0.05) is 64.5 Å². The summed E-state index contributed by atoms with van der Waals surface area (Å²) in [6, 6.07) is 12.6. The maximum atomic E-state index is 11.6. The summed E-state index contributed by atoms with van der Waals surface area (Å²) >= 11 is 0. The predicted octanol–water partition coefficient (Wildman–Crippen LogP) is 1.72. The predicted molar refractivity (Wildman–Crippen MR) is 92.6 cm³/mol. The molecule has 6 nitrogen and oxygen atoms in total. The van der Waals surface area contributed by atoms with E-state index in [0.29, 0.717) is 10.8 Å². The minimum atomic E-state index is -4.85. The number of rotatable bonds is 2. The van der Waals surface area contributed by atoms with Crippen LogP contribution in [0.15, 0.2) is 58.3 Å². The molecule has 116 valence electrons. The van der Waals surface area contributed by atoms with Gasteiger partial charge in [0.1, 0.15) is 9.79 Å². The van der Waals surface area contributed by atoms with Gasteiger partial charge in [0.15, 0.2) is 0 Å². The molecule has 0 aliphatic heterocycles. The Morgan fingerprint density at radius 1 is 0.667 bits per heavy atom. The molecule has 3 aromatic carbocycles. The van der Waals surface area contributed by atoms with E-state index in [1.165, 1.54) is 12.1 Å². The average Bonchev–Trinajstić information content (AvgIpc) is 2.41. The van der Waals surface area contributed by atoms with Crippen molar-refractivity contribution in [3.8, 4) is 0 Å². The van der Waals surface area contributed by atoms with E-state index in [-0.39, 0.29) is 64.5 Å². The van der Waals surface area contributed by atoms with Crippen molar-refractivity contribution in [1.29, 1.82) is 0 Å². The van der Waals surface area contributed by atoms with Crippen molar-refractivity contribution in [3.05, 3.63) is 48.5 Å². The van der Waals surface area contributed by atoms with Gasteiger partial charge in [-0.1, -0.05) is 30.3 Å². The van der Waals surface area contributed by atoms with Crippen LogP contribution in [0.25, 0.3) is 21.5 Å². The molecule has 0 bridgehead atoms. The Bertz CT molecular complexity index is 1120. The molecule has 0 fully saturated rings. The van der Waals surface area contributed by atoms with Gasteiger partial charge in [-0.3, -0.25) is 9.11 Å². The zero-order valence-electron chi connectivity index (χ0n) is 13.0. The first kappa shape index (κ1) is 22.0. The molecular weight excluding hydrogens is 374 g/mol. The van der Waals surface area contributed by atoms with Gasteiger partial charge in [-0.15, -0.1) is 0 Å². The smallest absolute Gasteiger partial charge is 0.282 e. The molecule has 0 atom stereocenters. The third kappa shape index (κ3) is 4.21. The largest absolute Gasteiger partial charge is 0.296 e. The van der Waals surface area contributed by atoms with Crippen LogP contribution in [0.2, 0.25) is 0 Å². The van der Waals surface area contributed by atoms with Crippen LogP contribution < -0.4 is 0 Å². The molecule has 0 unspecified atom stereocenters. The molecule has 0 aromatic heterocycles. The summed E-state index contributed by atoms with van der Waals surface area (Å²) in [4.78, 5) is -1.67. The van der Waals surface area contributed by atoms with E-state index in [2.05, 4.69) is 0 Å². The quantitative estimate of drug-likeness (QED) is 0.396. The SMILES string of the molecule is O=S(=O)(O)c1ccc2cc3ccccc3cc2c1S(=O)(=O)O.[Na].[Na]. The fourth-order valence-corrected chi connectivity index (χ4v) is 4.43. The van der Waals surface area contributed by atoms with Crippen LogP contribution in [-0.4, -0.2) is 85.1 Å². The van der Waals surface area contributed by atoms with E-state index in [4.69, 9.17) is 0 Å². The van der Waals surface area contributed by atoms with Crippen molar-refractivity contribution in [3.63, 3.8) is 0 Å². The summed E-state index contributed by atoms with van der Waals surface area (Å²) in [5, 5.41) is 1.96. The Morgan fingerprint density at radius 2 is 1.21 bits per heavy atom. The van der Waals surface area contributed by atoms with Gasteiger partial charge in [0.25, 0.3) is 20.2 Å². The maximum Gasteiger partial charge on any atom is 0.296 e. The summed E-state index contributed by atoms with van der Waals surface area (Å²) in [5.41, 5.74) is 0. The van der Waals surface area contributed by atoms with Crippen molar-refractivity contribution in [2.24, 2.45) is 0 Å². The molecule has 3 rings (SSSR count). The van der Waals surface area contributed by atoms with Gasteiger partial charge in [-0.2, -0.15) is 16.8 Å². The molecule has 0 amide bonds. The van der Waals surface area contributed by atoms with Crippen LogP contribution in [-0.2, 0) is 20.2 Å². The fraction of sp³-hybridized carbons (Fsp3) is 0. The van der Waals surface area contributed by atoms with Gasteiger partial charge >= 0.3 is 0 Å². The summed E-state index contributed by atoms with van der Waals surface area (Å²) in [6.07, 6.45) is 0. The molecular formula is C14H10Na2O6S2. The second-order valence-electron chi connectivity index (χ2n) is 4.76. The van der Waals surface area contributed by atoms with E-state index < -0.39 is 30.0 Å². The molecule has 10 heteroatoms. The van der Waals surface area contributed by atoms with E-state index >= 15 is 0 Å². The Labute approximate surface area is 183 Å². The second-order valence-corrected chi connectivity index (χ2v) is 7.51. The first-order valence-corrected chi connectivity index (χ1v) is 8.96. The van der Waals surface area contributed by atoms with Crippen molar-refractivity contribution >= 4 is 101 Å². The summed E-state index contributed by atoms with van der Waals surface area (Å²) in [6.45, 7) is 0. The first-order chi connectivity index (χ1) is 10.2. The fourth-order valence-electron chi connectivity index (χ4n) is 2.44. The normalized spacial score (nSPS) is 11.8. The molecule has 2 radical (unpaired) electrons. The Morgan fingerprint density at radius 3 is 1.71 bits per heavy atom. The van der Waals surface area contributed by atoms with Gasteiger partial charge in [0.2, 0.25) is 0 Å². The number of hydrogen-bond donors (Lipinski definition) is 2. The van der Waals surface area contributed by atoms with Crippen LogP contribution in [0, 0.1) is 0 Å². The van der Waals surface area contributed by atoms with Crippen molar-refractivity contribution in [1.82, 2.24) is 0 Å².